The van der Waals surface area contributed by atoms with Crippen molar-refractivity contribution in [2.24, 2.45) is 0 Å². The molecule has 0 saturated heterocycles. The second-order valence-corrected chi connectivity index (χ2v) is 9.79. The van der Waals surface area contributed by atoms with E-state index in [1.165, 1.54) is 16.0 Å². The molecule has 3 rings (SSSR count). The molecule has 0 aromatic heterocycles. The Morgan fingerprint density at radius 1 is 0.939 bits per heavy atom. The van der Waals surface area contributed by atoms with Crippen LogP contribution in [0.1, 0.15) is 53.1 Å². The maximum atomic E-state index is 9.51. The van der Waals surface area contributed by atoms with Crippen LogP contribution >= 0.6 is 34.4 Å². The SMILES string of the molecule is CSc1cccc(C(CC#N)N[C@@H](C)[C@@H](Cc2ccc(CI)cc2)c2cccc(C#N)c2)c1. The van der Waals surface area contributed by atoms with Crippen molar-refractivity contribution in [2.75, 3.05) is 6.26 Å². The summed E-state index contributed by atoms with van der Waals surface area (Å²) in [5.74, 6) is 0.161. The van der Waals surface area contributed by atoms with Gasteiger partial charge in [0.2, 0.25) is 0 Å². The monoisotopic (exact) mass is 565 g/mol. The number of nitriles is 2. The van der Waals surface area contributed by atoms with Gasteiger partial charge < -0.3 is 5.32 Å². The van der Waals surface area contributed by atoms with Gasteiger partial charge in [0.25, 0.3) is 0 Å². The molecule has 33 heavy (non-hydrogen) atoms. The van der Waals surface area contributed by atoms with Crippen LogP contribution in [-0.2, 0) is 10.8 Å². The van der Waals surface area contributed by atoms with Gasteiger partial charge in [0, 0.05) is 27.3 Å². The largest absolute Gasteiger partial charge is 0.306 e. The Kier molecular flexibility index (Phi) is 9.81. The van der Waals surface area contributed by atoms with E-state index in [9.17, 15) is 10.5 Å². The zero-order valence-electron chi connectivity index (χ0n) is 19.0. The fraction of sp³-hybridized carbons (Fsp3) is 0.286. The van der Waals surface area contributed by atoms with E-state index in [0.717, 1.165) is 22.0 Å². The van der Waals surface area contributed by atoms with E-state index in [-0.39, 0.29) is 18.0 Å². The van der Waals surface area contributed by atoms with Gasteiger partial charge in [-0.2, -0.15) is 10.5 Å². The molecule has 0 aliphatic rings. The van der Waals surface area contributed by atoms with E-state index in [1.807, 2.05) is 18.2 Å². The number of nitrogens with zero attached hydrogens (tertiary/aromatic N) is 2. The standard InChI is InChI=1S/C28H28IN3S/c1-20(32-28(13-14-30)25-7-4-8-26(17-25)33-2)27(24-6-3-5-23(15-24)19-31)16-21-9-11-22(18-29)12-10-21/h3-12,15,17,20,27-28,32H,13,16,18H2,1-2H3/t20-,27+,28?/m0/s1. The van der Waals surface area contributed by atoms with Gasteiger partial charge in [-0.1, -0.05) is 71.1 Å². The molecular weight excluding hydrogens is 537 g/mol. The number of nitrogens with one attached hydrogen (secondary N) is 1. The van der Waals surface area contributed by atoms with Crippen LogP contribution in [0.25, 0.3) is 0 Å². The highest BCUT2D eigenvalue weighted by Gasteiger charge is 2.24. The number of thioether (sulfide) groups is 1. The third-order valence-corrected chi connectivity index (χ3v) is 7.54. The Bertz CT molecular complexity index is 1130. The topological polar surface area (TPSA) is 59.6 Å². The van der Waals surface area contributed by atoms with Crippen molar-refractivity contribution in [3.8, 4) is 12.1 Å². The van der Waals surface area contributed by atoms with E-state index < -0.39 is 0 Å². The summed E-state index contributed by atoms with van der Waals surface area (Å²) >= 11 is 4.09. The van der Waals surface area contributed by atoms with Crippen molar-refractivity contribution >= 4 is 34.4 Å². The number of alkyl halides is 1. The molecule has 5 heteroatoms. The van der Waals surface area contributed by atoms with Crippen molar-refractivity contribution in [3.05, 3.63) is 101 Å². The second kappa shape index (κ2) is 12.8. The van der Waals surface area contributed by atoms with Gasteiger partial charge in [-0.3, -0.25) is 0 Å². The summed E-state index contributed by atoms with van der Waals surface area (Å²) < 4.78 is 0.995. The van der Waals surface area contributed by atoms with Gasteiger partial charge in [0.05, 0.1) is 24.1 Å². The summed E-state index contributed by atoms with van der Waals surface area (Å²) in [6.45, 7) is 2.19. The average Bonchev–Trinajstić information content (AvgIpc) is 2.87. The van der Waals surface area contributed by atoms with Crippen LogP contribution in [0.15, 0.2) is 77.7 Å². The molecule has 0 aliphatic heterocycles. The highest BCUT2D eigenvalue weighted by molar-refractivity contribution is 14.1. The Morgan fingerprint density at radius 3 is 2.30 bits per heavy atom. The van der Waals surface area contributed by atoms with Crippen LogP contribution in [0.2, 0.25) is 0 Å². The molecule has 0 radical (unpaired) electrons. The first-order valence-electron chi connectivity index (χ1n) is 11.0. The summed E-state index contributed by atoms with van der Waals surface area (Å²) in [6.07, 6.45) is 3.32. The summed E-state index contributed by atoms with van der Waals surface area (Å²) in [7, 11) is 0. The summed E-state index contributed by atoms with van der Waals surface area (Å²) in [4.78, 5) is 1.19. The lowest BCUT2D eigenvalue weighted by atomic mass is 9.85. The molecule has 0 aliphatic carbocycles. The lowest BCUT2D eigenvalue weighted by molar-refractivity contribution is 0.400. The van der Waals surface area contributed by atoms with Crippen molar-refractivity contribution in [1.29, 1.82) is 10.5 Å². The summed E-state index contributed by atoms with van der Waals surface area (Å²) in [5.41, 5.74) is 5.53. The van der Waals surface area contributed by atoms with Crippen LogP contribution < -0.4 is 5.32 Å². The molecule has 3 atom stereocenters. The van der Waals surface area contributed by atoms with Crippen molar-refractivity contribution in [2.45, 2.75) is 47.1 Å². The third-order valence-electron chi connectivity index (χ3n) is 5.94. The highest BCUT2D eigenvalue weighted by Crippen LogP contribution is 2.29. The lowest BCUT2D eigenvalue weighted by Crippen LogP contribution is -2.36. The summed E-state index contributed by atoms with van der Waals surface area (Å²) in [5, 5.41) is 22.7. The number of benzene rings is 3. The predicted octanol–water partition coefficient (Wildman–Crippen LogP) is 7.17. The average molecular weight is 566 g/mol. The van der Waals surface area contributed by atoms with E-state index >= 15 is 0 Å². The molecule has 3 aromatic rings. The quantitative estimate of drug-likeness (QED) is 0.161. The second-order valence-electron chi connectivity index (χ2n) is 8.14. The Balaban J connectivity index is 1.91. The normalized spacial score (nSPS) is 13.5. The maximum absolute atomic E-state index is 9.51. The van der Waals surface area contributed by atoms with Gasteiger partial charge in [-0.25, -0.2) is 0 Å². The smallest absolute Gasteiger partial charge is 0.0991 e. The minimum atomic E-state index is -0.0554. The molecule has 0 heterocycles. The van der Waals surface area contributed by atoms with Gasteiger partial charge in [-0.05, 0) is 66.1 Å². The molecule has 168 valence electrons. The highest BCUT2D eigenvalue weighted by atomic mass is 127. The molecule has 0 fully saturated rings. The number of hydrogen-bond donors (Lipinski definition) is 1. The Labute approximate surface area is 215 Å². The minimum Gasteiger partial charge on any atom is -0.306 e. The molecule has 1 N–H and O–H groups in total. The lowest BCUT2D eigenvalue weighted by Gasteiger charge is -2.30. The molecule has 0 spiro atoms. The Hall–Kier alpha value is -2.32. The first-order chi connectivity index (χ1) is 16.1. The minimum absolute atomic E-state index is 0.0554. The fourth-order valence-electron chi connectivity index (χ4n) is 4.10. The van der Waals surface area contributed by atoms with Crippen LogP contribution in [-0.4, -0.2) is 12.3 Å². The van der Waals surface area contributed by atoms with E-state index in [0.29, 0.717) is 12.0 Å². The number of hydrogen-bond acceptors (Lipinski definition) is 4. The molecule has 0 saturated carbocycles. The predicted molar refractivity (Wildman–Crippen MR) is 146 cm³/mol. The first-order valence-corrected chi connectivity index (χ1v) is 13.7. The van der Waals surface area contributed by atoms with E-state index in [1.54, 1.807) is 11.8 Å². The summed E-state index contributed by atoms with van der Waals surface area (Å²) in [6, 6.07) is 29.8. The van der Waals surface area contributed by atoms with Gasteiger partial charge in [0.15, 0.2) is 0 Å². The van der Waals surface area contributed by atoms with Crippen LogP contribution in [0.4, 0.5) is 0 Å². The zero-order valence-corrected chi connectivity index (χ0v) is 21.9. The first kappa shape index (κ1) is 25.3. The number of halogens is 1. The number of rotatable bonds is 10. The van der Waals surface area contributed by atoms with Crippen molar-refractivity contribution in [1.82, 2.24) is 5.32 Å². The van der Waals surface area contributed by atoms with Gasteiger partial charge in [-0.15, -0.1) is 11.8 Å². The Morgan fingerprint density at radius 2 is 1.64 bits per heavy atom. The molecule has 0 bridgehead atoms. The van der Waals surface area contributed by atoms with E-state index in [2.05, 4.69) is 108 Å². The van der Waals surface area contributed by atoms with Gasteiger partial charge in [0.1, 0.15) is 0 Å². The third kappa shape index (κ3) is 7.08. The van der Waals surface area contributed by atoms with Crippen LogP contribution in [0, 0.1) is 22.7 Å². The van der Waals surface area contributed by atoms with Crippen LogP contribution in [0.3, 0.4) is 0 Å². The van der Waals surface area contributed by atoms with Crippen molar-refractivity contribution in [3.63, 3.8) is 0 Å². The van der Waals surface area contributed by atoms with E-state index in [4.69, 9.17) is 0 Å². The molecular formula is C28H28IN3S. The fourth-order valence-corrected chi connectivity index (χ4v) is 5.07. The molecule has 1 unspecified atom stereocenters. The van der Waals surface area contributed by atoms with Gasteiger partial charge >= 0.3 is 0 Å². The van der Waals surface area contributed by atoms with Crippen molar-refractivity contribution < 1.29 is 0 Å². The molecule has 3 aromatic carbocycles. The van der Waals surface area contributed by atoms with Crippen LogP contribution in [0.5, 0.6) is 0 Å². The zero-order chi connectivity index (χ0) is 23.6. The molecule has 0 amide bonds. The molecule has 3 nitrogen and oxygen atoms in total. The maximum Gasteiger partial charge on any atom is 0.0991 e.